The highest BCUT2D eigenvalue weighted by Crippen LogP contribution is 2.43. The number of nitro benzene ring substituents is 1. The van der Waals surface area contributed by atoms with Gasteiger partial charge in [-0.25, -0.2) is 0 Å². The Bertz CT molecular complexity index is 858. The van der Waals surface area contributed by atoms with Crippen LogP contribution < -0.4 is 0 Å². The van der Waals surface area contributed by atoms with Crippen LogP contribution in [0.15, 0.2) is 65.2 Å². The predicted molar refractivity (Wildman–Crippen MR) is 99.5 cm³/mol. The summed E-state index contributed by atoms with van der Waals surface area (Å²) in [5.74, 6) is 0.126. The first-order chi connectivity index (χ1) is 12.6. The van der Waals surface area contributed by atoms with Crippen LogP contribution in [0.25, 0.3) is 0 Å². The molecule has 1 aliphatic heterocycles. The van der Waals surface area contributed by atoms with Gasteiger partial charge in [-0.05, 0) is 54.7 Å². The molecule has 3 rings (SSSR count). The lowest BCUT2D eigenvalue weighted by Gasteiger charge is -2.25. The van der Waals surface area contributed by atoms with E-state index in [1.165, 1.54) is 6.07 Å². The third-order valence-corrected chi connectivity index (χ3v) is 4.52. The van der Waals surface area contributed by atoms with Gasteiger partial charge >= 0.3 is 0 Å². The summed E-state index contributed by atoms with van der Waals surface area (Å²) in [6.45, 7) is 0.137. The fourth-order valence-electron chi connectivity index (χ4n) is 3.24. The van der Waals surface area contributed by atoms with Gasteiger partial charge in [0.1, 0.15) is 11.3 Å². The Morgan fingerprint density at radius 3 is 2.50 bits per heavy atom. The number of aliphatic hydroxyl groups excluding tert-OH is 1. The molecule has 26 heavy (non-hydrogen) atoms. The van der Waals surface area contributed by atoms with Gasteiger partial charge in [-0.1, -0.05) is 24.3 Å². The average molecular weight is 352 g/mol. The Balaban J connectivity index is 2.12. The first-order valence-corrected chi connectivity index (χ1v) is 8.48. The fraction of sp³-hybridized carbons (Fsp3) is 0.250. The zero-order chi connectivity index (χ0) is 18.6. The largest absolute Gasteiger partial charge is 0.508 e. The number of benzene rings is 2. The molecule has 1 heterocycles. The molecule has 0 spiro atoms. The molecule has 134 valence electrons. The molecule has 0 bridgehead atoms. The molecule has 6 heteroatoms. The van der Waals surface area contributed by atoms with Gasteiger partial charge in [0, 0.05) is 18.9 Å². The molecule has 2 N–H and O–H groups in total. The van der Waals surface area contributed by atoms with Crippen LogP contribution in [0.2, 0.25) is 0 Å². The number of allylic oxidation sites excluding steroid dienone is 1. The molecule has 0 amide bonds. The van der Waals surface area contributed by atoms with Crippen molar-refractivity contribution in [1.82, 2.24) is 0 Å². The molecule has 0 saturated heterocycles. The SMILES string of the molecule is O=[N+]([O-])c1ccccc1C1(c2ccc(O)cc2)C=C(CCCCO)C=N1. The van der Waals surface area contributed by atoms with Crippen molar-refractivity contribution in [2.24, 2.45) is 4.99 Å². The number of hydrogen-bond donors (Lipinski definition) is 2. The van der Waals surface area contributed by atoms with Gasteiger partial charge < -0.3 is 10.2 Å². The van der Waals surface area contributed by atoms with Crippen LogP contribution >= 0.6 is 0 Å². The van der Waals surface area contributed by atoms with E-state index in [4.69, 9.17) is 5.11 Å². The van der Waals surface area contributed by atoms with Crippen molar-refractivity contribution in [2.75, 3.05) is 6.61 Å². The van der Waals surface area contributed by atoms with E-state index >= 15 is 0 Å². The van der Waals surface area contributed by atoms with Crippen molar-refractivity contribution in [3.63, 3.8) is 0 Å². The zero-order valence-electron chi connectivity index (χ0n) is 14.2. The highest BCUT2D eigenvalue weighted by molar-refractivity contribution is 5.84. The Labute approximate surface area is 151 Å². The summed E-state index contributed by atoms with van der Waals surface area (Å²) in [6.07, 6.45) is 5.95. The molecule has 1 aliphatic rings. The van der Waals surface area contributed by atoms with Crippen molar-refractivity contribution < 1.29 is 15.1 Å². The molecule has 1 atom stereocenters. The van der Waals surface area contributed by atoms with Crippen LogP contribution in [-0.2, 0) is 5.54 Å². The number of unbranched alkanes of at least 4 members (excludes halogenated alkanes) is 1. The number of hydrogen-bond acceptors (Lipinski definition) is 5. The lowest BCUT2D eigenvalue weighted by Crippen LogP contribution is -2.22. The Hall–Kier alpha value is -2.99. The van der Waals surface area contributed by atoms with Crippen LogP contribution in [0.4, 0.5) is 5.69 Å². The molecule has 2 aromatic carbocycles. The number of para-hydroxylation sites is 1. The second-order valence-corrected chi connectivity index (χ2v) is 6.25. The van der Waals surface area contributed by atoms with E-state index in [1.807, 2.05) is 6.08 Å². The van der Waals surface area contributed by atoms with Crippen molar-refractivity contribution in [1.29, 1.82) is 0 Å². The molecule has 2 aromatic rings. The molecule has 0 radical (unpaired) electrons. The number of rotatable bonds is 7. The number of nitro groups is 1. The average Bonchev–Trinajstić information content (AvgIpc) is 3.08. The number of phenols is 1. The minimum atomic E-state index is -0.994. The van der Waals surface area contributed by atoms with Crippen molar-refractivity contribution in [2.45, 2.75) is 24.8 Å². The van der Waals surface area contributed by atoms with Crippen molar-refractivity contribution in [3.8, 4) is 5.75 Å². The summed E-state index contributed by atoms with van der Waals surface area (Å²) in [5, 5.41) is 30.1. The normalized spacial score (nSPS) is 18.7. The second-order valence-electron chi connectivity index (χ2n) is 6.25. The van der Waals surface area contributed by atoms with Crippen LogP contribution in [-0.4, -0.2) is 28.0 Å². The van der Waals surface area contributed by atoms with E-state index < -0.39 is 10.5 Å². The Morgan fingerprint density at radius 1 is 1.08 bits per heavy atom. The first kappa shape index (κ1) is 17.8. The first-order valence-electron chi connectivity index (χ1n) is 8.48. The minimum Gasteiger partial charge on any atom is -0.508 e. The maximum atomic E-state index is 11.6. The van der Waals surface area contributed by atoms with Gasteiger partial charge in [0.2, 0.25) is 0 Å². The number of aromatic hydroxyl groups is 1. The summed E-state index contributed by atoms with van der Waals surface area (Å²) < 4.78 is 0. The van der Waals surface area contributed by atoms with E-state index in [0.717, 1.165) is 24.0 Å². The van der Waals surface area contributed by atoms with E-state index in [0.29, 0.717) is 12.0 Å². The van der Waals surface area contributed by atoms with E-state index in [-0.39, 0.29) is 18.0 Å². The number of aliphatic imine (C=N–C) groups is 1. The van der Waals surface area contributed by atoms with Crippen LogP contribution in [0.3, 0.4) is 0 Å². The summed E-state index contributed by atoms with van der Waals surface area (Å²) in [4.78, 5) is 15.8. The van der Waals surface area contributed by atoms with Gasteiger partial charge in [-0.3, -0.25) is 15.1 Å². The molecule has 0 aliphatic carbocycles. The third kappa shape index (κ3) is 3.36. The molecule has 1 unspecified atom stereocenters. The van der Waals surface area contributed by atoms with Gasteiger partial charge in [-0.15, -0.1) is 0 Å². The topological polar surface area (TPSA) is 96.0 Å². The quantitative estimate of drug-likeness (QED) is 0.451. The van der Waals surface area contributed by atoms with Gasteiger partial charge in [-0.2, -0.15) is 0 Å². The number of phenolic OH excluding ortho intramolecular Hbond substituents is 1. The van der Waals surface area contributed by atoms with Crippen LogP contribution in [0, 0.1) is 10.1 Å². The van der Waals surface area contributed by atoms with Gasteiger partial charge in [0.15, 0.2) is 0 Å². The van der Waals surface area contributed by atoms with E-state index in [1.54, 1.807) is 48.7 Å². The summed E-state index contributed by atoms with van der Waals surface area (Å²) >= 11 is 0. The maximum absolute atomic E-state index is 11.6. The minimum absolute atomic E-state index is 0.00517. The molecule has 6 nitrogen and oxygen atoms in total. The van der Waals surface area contributed by atoms with Crippen molar-refractivity contribution >= 4 is 11.9 Å². The van der Waals surface area contributed by atoms with E-state index in [9.17, 15) is 15.2 Å². The summed E-state index contributed by atoms with van der Waals surface area (Å²) in [7, 11) is 0. The monoisotopic (exact) mass is 352 g/mol. The van der Waals surface area contributed by atoms with Crippen molar-refractivity contribution in [3.05, 3.63) is 81.4 Å². The van der Waals surface area contributed by atoms with E-state index in [2.05, 4.69) is 4.99 Å². The van der Waals surface area contributed by atoms with Crippen LogP contribution in [0.1, 0.15) is 30.4 Å². The molecular formula is C20H20N2O4. The van der Waals surface area contributed by atoms with Gasteiger partial charge in [0.05, 0.1) is 10.5 Å². The maximum Gasteiger partial charge on any atom is 0.275 e. The zero-order valence-corrected chi connectivity index (χ0v) is 14.2. The highest BCUT2D eigenvalue weighted by Gasteiger charge is 2.39. The molecular weight excluding hydrogens is 332 g/mol. The summed E-state index contributed by atoms with van der Waals surface area (Å²) in [6, 6.07) is 13.2. The number of aliphatic hydroxyl groups is 1. The lowest BCUT2D eigenvalue weighted by molar-refractivity contribution is -0.385. The predicted octanol–water partition coefficient (Wildman–Crippen LogP) is 3.72. The lowest BCUT2D eigenvalue weighted by atomic mass is 9.82. The highest BCUT2D eigenvalue weighted by atomic mass is 16.6. The molecule has 0 fully saturated rings. The number of nitrogens with zero attached hydrogens (tertiary/aromatic N) is 2. The summed E-state index contributed by atoms with van der Waals surface area (Å²) in [5.41, 5.74) is 1.23. The van der Waals surface area contributed by atoms with Gasteiger partial charge in [0.25, 0.3) is 5.69 Å². The van der Waals surface area contributed by atoms with Crippen LogP contribution in [0.5, 0.6) is 5.75 Å². The standard InChI is InChI=1S/C20H20N2O4/c23-12-4-3-5-15-13-20(21-14-15,16-8-10-17(24)11-9-16)18-6-1-2-7-19(18)22(25)26/h1-2,6-11,13-14,23-24H,3-5,12H2. The third-order valence-electron chi connectivity index (χ3n) is 4.52. The smallest absolute Gasteiger partial charge is 0.275 e. The second kappa shape index (κ2) is 7.49. The fourth-order valence-corrected chi connectivity index (χ4v) is 3.24. The molecule has 0 aromatic heterocycles. The Kier molecular flexibility index (Phi) is 5.14. The molecule has 0 saturated carbocycles. The Morgan fingerprint density at radius 2 is 1.81 bits per heavy atom.